The first-order valence-corrected chi connectivity index (χ1v) is 8.85. The van der Waals surface area contributed by atoms with Gasteiger partial charge < -0.3 is 10.1 Å². The van der Waals surface area contributed by atoms with E-state index in [4.69, 9.17) is 4.74 Å². The van der Waals surface area contributed by atoms with Gasteiger partial charge in [0.15, 0.2) is 0 Å². The Balaban J connectivity index is 1.48. The van der Waals surface area contributed by atoms with Gasteiger partial charge in [-0.2, -0.15) is 0 Å². The minimum atomic E-state index is -0.527. The molecule has 1 fully saturated rings. The van der Waals surface area contributed by atoms with Crippen molar-refractivity contribution in [1.29, 1.82) is 0 Å². The van der Waals surface area contributed by atoms with Crippen LogP contribution in [0, 0.1) is 0 Å². The molecule has 0 radical (unpaired) electrons. The van der Waals surface area contributed by atoms with Gasteiger partial charge in [0, 0.05) is 6.42 Å². The molecule has 0 bridgehead atoms. The van der Waals surface area contributed by atoms with Gasteiger partial charge in [-0.05, 0) is 57.3 Å². The molecule has 3 aliphatic rings. The Kier molecular flexibility index (Phi) is 3.32. The molecule has 2 aliphatic carbocycles. The van der Waals surface area contributed by atoms with Gasteiger partial charge in [-0.3, -0.25) is 4.79 Å². The molecule has 4 heteroatoms. The molecule has 5 rings (SSSR count). The molecule has 2 aromatic carbocycles. The first-order chi connectivity index (χ1) is 12.7. The minimum Gasteiger partial charge on any atom is -0.425 e. The number of benzene rings is 2. The van der Waals surface area contributed by atoms with Gasteiger partial charge in [-0.15, -0.1) is 0 Å². The molecule has 0 aromatic heterocycles. The van der Waals surface area contributed by atoms with E-state index >= 15 is 0 Å². The smallest absolute Gasteiger partial charge is 0.334 e. The predicted molar refractivity (Wildman–Crippen MR) is 100 cm³/mol. The quantitative estimate of drug-likeness (QED) is 0.845. The van der Waals surface area contributed by atoms with Crippen LogP contribution in [0.3, 0.4) is 0 Å². The lowest BCUT2D eigenvalue weighted by molar-refractivity contribution is -0.141. The molecular weight excluding hydrogens is 326 g/mol. The van der Waals surface area contributed by atoms with E-state index in [0.29, 0.717) is 18.6 Å². The summed E-state index contributed by atoms with van der Waals surface area (Å²) >= 11 is 0. The summed E-state index contributed by atoms with van der Waals surface area (Å²) in [5.41, 5.74) is 2.52. The van der Waals surface area contributed by atoms with Gasteiger partial charge >= 0.3 is 5.97 Å². The molecule has 1 saturated heterocycles. The van der Waals surface area contributed by atoms with Crippen LogP contribution in [0.15, 0.2) is 42.2 Å². The number of fused-ring (bicyclic) bond motifs is 5. The highest BCUT2D eigenvalue weighted by Crippen LogP contribution is 2.23. The maximum atomic E-state index is 12.2. The maximum Gasteiger partial charge on any atom is 0.334 e. The second-order valence-electron chi connectivity index (χ2n) is 6.86. The van der Waals surface area contributed by atoms with E-state index in [1.807, 2.05) is 12.2 Å². The molecule has 0 spiro atoms. The van der Waals surface area contributed by atoms with Crippen molar-refractivity contribution in [3.05, 3.63) is 63.7 Å². The first-order valence-electron chi connectivity index (χ1n) is 8.85. The number of rotatable bonds is 2. The fraction of sp³-hybridized carbons (Fsp3) is 0.182. The first kappa shape index (κ1) is 15.1. The molecule has 1 aliphatic heterocycles. The number of allylic oxidation sites excluding steroid dienone is 3. The van der Waals surface area contributed by atoms with Crippen molar-refractivity contribution in [3.8, 4) is 0 Å². The third-order valence-corrected chi connectivity index (χ3v) is 5.27. The summed E-state index contributed by atoms with van der Waals surface area (Å²) in [6.07, 6.45) is 11.8. The van der Waals surface area contributed by atoms with Crippen molar-refractivity contribution >= 4 is 40.9 Å². The molecule has 1 unspecified atom stereocenters. The van der Waals surface area contributed by atoms with E-state index < -0.39 is 6.04 Å². The van der Waals surface area contributed by atoms with E-state index in [9.17, 15) is 9.59 Å². The summed E-state index contributed by atoms with van der Waals surface area (Å²) in [4.78, 5) is 23.5. The highest BCUT2D eigenvalue weighted by molar-refractivity contribution is 5.96. The number of carbonyl (C=O) groups is 2. The Bertz CT molecular complexity index is 1150. The normalized spacial score (nSPS) is 19.9. The summed E-state index contributed by atoms with van der Waals surface area (Å²) < 4.78 is 5.50. The molecular formula is C22H17NO3. The average molecular weight is 343 g/mol. The fourth-order valence-corrected chi connectivity index (χ4v) is 3.93. The Morgan fingerprint density at radius 1 is 1.12 bits per heavy atom. The summed E-state index contributed by atoms with van der Waals surface area (Å²) in [7, 11) is 0. The van der Waals surface area contributed by atoms with E-state index in [-0.39, 0.29) is 11.9 Å². The Hall–Kier alpha value is -3.14. The van der Waals surface area contributed by atoms with Gasteiger partial charge in [0.25, 0.3) is 0 Å². The number of ether oxygens (including phenoxy) is 1. The zero-order valence-electron chi connectivity index (χ0n) is 14.1. The van der Waals surface area contributed by atoms with Gasteiger partial charge in [0.05, 0.1) is 0 Å². The topological polar surface area (TPSA) is 55.4 Å². The number of hydrogen-bond acceptors (Lipinski definition) is 3. The highest BCUT2D eigenvalue weighted by Gasteiger charge is 2.29. The van der Waals surface area contributed by atoms with E-state index in [1.54, 1.807) is 0 Å². The minimum absolute atomic E-state index is 0.0933. The lowest BCUT2D eigenvalue weighted by Crippen LogP contribution is -2.34. The monoisotopic (exact) mass is 343 g/mol. The lowest BCUT2D eigenvalue weighted by atomic mass is 9.93. The van der Waals surface area contributed by atoms with Crippen LogP contribution >= 0.6 is 0 Å². The van der Waals surface area contributed by atoms with Crippen LogP contribution in [-0.2, 0) is 20.7 Å². The molecule has 0 saturated carbocycles. The van der Waals surface area contributed by atoms with Crippen molar-refractivity contribution in [3.63, 3.8) is 0 Å². The van der Waals surface area contributed by atoms with Crippen LogP contribution in [0.1, 0.15) is 24.0 Å². The summed E-state index contributed by atoms with van der Waals surface area (Å²) in [5.74, 6) is 0.0719. The number of hydrogen-bond donors (Lipinski definition) is 1. The van der Waals surface area contributed by atoms with Gasteiger partial charge in [-0.1, -0.05) is 42.5 Å². The summed E-state index contributed by atoms with van der Waals surface area (Å²) in [6, 6.07) is 8.01. The van der Waals surface area contributed by atoms with E-state index in [0.717, 1.165) is 11.6 Å². The zero-order chi connectivity index (χ0) is 17.7. The molecule has 4 nitrogen and oxygen atoms in total. The standard InChI is InChI=1S/C22H17NO3/c24-21-11-10-20(23-21)22(25)26-15-6-9-17-14(12-15)5-8-18-16-3-1-2-13(16)4-7-19(17)18/h1-8,12,20H,9-11H2,(H,23,24). The number of nitrogens with one attached hydrogen (secondary N) is 1. The molecule has 1 N–H and O–H groups in total. The van der Waals surface area contributed by atoms with Gasteiger partial charge in [-0.25, -0.2) is 4.79 Å². The van der Waals surface area contributed by atoms with Crippen molar-refractivity contribution in [2.75, 3.05) is 0 Å². The fourth-order valence-electron chi connectivity index (χ4n) is 3.93. The number of esters is 1. The average Bonchev–Trinajstić information content (AvgIpc) is 3.29. The molecule has 1 atom stereocenters. The summed E-state index contributed by atoms with van der Waals surface area (Å²) in [5, 5.41) is 7.46. The van der Waals surface area contributed by atoms with E-state index in [2.05, 4.69) is 47.8 Å². The second-order valence-corrected chi connectivity index (χ2v) is 6.86. The Morgan fingerprint density at radius 2 is 1.96 bits per heavy atom. The van der Waals surface area contributed by atoms with E-state index in [1.165, 1.54) is 27.1 Å². The van der Waals surface area contributed by atoms with Crippen molar-refractivity contribution in [1.82, 2.24) is 5.32 Å². The van der Waals surface area contributed by atoms with Crippen LogP contribution in [0.4, 0.5) is 0 Å². The van der Waals surface area contributed by atoms with Gasteiger partial charge in [0.1, 0.15) is 11.8 Å². The predicted octanol–water partition coefficient (Wildman–Crippen LogP) is 1.69. The van der Waals surface area contributed by atoms with Crippen LogP contribution in [0.5, 0.6) is 0 Å². The summed E-state index contributed by atoms with van der Waals surface area (Å²) in [6.45, 7) is 0. The zero-order valence-corrected chi connectivity index (χ0v) is 14.1. The molecule has 2 aromatic rings. The second kappa shape index (κ2) is 5.70. The van der Waals surface area contributed by atoms with Crippen LogP contribution in [0.2, 0.25) is 0 Å². The maximum absolute atomic E-state index is 12.2. The van der Waals surface area contributed by atoms with Gasteiger partial charge in [0.2, 0.25) is 5.91 Å². The van der Waals surface area contributed by atoms with Crippen LogP contribution < -0.4 is 15.8 Å². The third-order valence-electron chi connectivity index (χ3n) is 5.27. The highest BCUT2D eigenvalue weighted by atomic mass is 16.5. The van der Waals surface area contributed by atoms with Crippen molar-refractivity contribution in [2.45, 2.75) is 25.3 Å². The van der Waals surface area contributed by atoms with Crippen molar-refractivity contribution in [2.24, 2.45) is 0 Å². The van der Waals surface area contributed by atoms with Crippen LogP contribution in [-0.4, -0.2) is 17.9 Å². The van der Waals surface area contributed by atoms with Crippen LogP contribution in [0.25, 0.3) is 29.0 Å². The molecule has 128 valence electrons. The number of carbonyl (C=O) groups excluding carboxylic acids is 2. The largest absolute Gasteiger partial charge is 0.425 e. The molecule has 26 heavy (non-hydrogen) atoms. The molecule has 1 amide bonds. The van der Waals surface area contributed by atoms with Crippen molar-refractivity contribution < 1.29 is 14.3 Å². The Labute approximate surface area is 150 Å². The number of amides is 1. The Morgan fingerprint density at radius 3 is 2.81 bits per heavy atom. The third kappa shape index (κ3) is 2.37. The lowest BCUT2D eigenvalue weighted by Gasteiger charge is -2.15. The molecule has 1 heterocycles. The SMILES string of the molecule is O=C1CCC(C(=O)OC2=CCc3c(ccc4c5c(ccc34)=CC=C5)=C2)N1.